The number of hydrogen-bond acceptors (Lipinski definition) is 3. The minimum atomic E-state index is -0.000436. The average Bonchev–Trinajstić information content (AvgIpc) is 2.42. The lowest BCUT2D eigenvalue weighted by Gasteiger charge is -2.22. The molecule has 21 heavy (non-hydrogen) atoms. The van der Waals surface area contributed by atoms with Crippen LogP contribution < -0.4 is 10.1 Å². The number of carbonyl (C=O) groups is 1. The molecule has 3 heteroatoms. The van der Waals surface area contributed by atoms with E-state index in [1.165, 1.54) is 0 Å². The van der Waals surface area contributed by atoms with Gasteiger partial charge in [0.1, 0.15) is 5.75 Å². The number of methoxy groups -OCH3 is 1. The Hall–Kier alpha value is -1.87. The Bertz CT molecular complexity index is 591. The standard InChI is InChI=1S/C18H23NO2/c1-18(2,3)10-15-12-19-11-14(17(15)20)9-13-7-5-6-8-16(13)21-4/h5-10,19H,11-12H2,1-4H3. The molecule has 1 aliphatic heterocycles. The van der Waals surface area contributed by atoms with Gasteiger partial charge in [-0.15, -0.1) is 0 Å². The second-order valence-corrected chi connectivity index (χ2v) is 6.38. The molecule has 0 spiro atoms. The Morgan fingerprint density at radius 1 is 1.14 bits per heavy atom. The van der Waals surface area contributed by atoms with E-state index in [1.54, 1.807) is 7.11 Å². The number of rotatable bonds is 2. The molecule has 1 aromatic rings. The Kier molecular flexibility index (Phi) is 4.63. The molecule has 112 valence electrons. The van der Waals surface area contributed by atoms with Crippen molar-refractivity contribution >= 4 is 11.9 Å². The zero-order valence-electron chi connectivity index (χ0n) is 13.2. The summed E-state index contributed by atoms with van der Waals surface area (Å²) in [7, 11) is 1.64. The first kappa shape index (κ1) is 15.5. The van der Waals surface area contributed by atoms with Gasteiger partial charge in [-0.3, -0.25) is 4.79 Å². The molecule has 1 aromatic carbocycles. The van der Waals surface area contributed by atoms with Gasteiger partial charge in [0.25, 0.3) is 0 Å². The van der Waals surface area contributed by atoms with Crippen LogP contribution in [-0.4, -0.2) is 26.0 Å². The highest BCUT2D eigenvalue weighted by Crippen LogP contribution is 2.24. The normalized spacial score (nSPS) is 20.1. The van der Waals surface area contributed by atoms with Crippen molar-refractivity contribution in [3.05, 3.63) is 47.1 Å². The van der Waals surface area contributed by atoms with Gasteiger partial charge < -0.3 is 10.1 Å². The summed E-state index contributed by atoms with van der Waals surface area (Å²) in [5.74, 6) is 0.916. The highest BCUT2D eigenvalue weighted by Gasteiger charge is 2.22. The number of benzene rings is 1. The Morgan fingerprint density at radius 3 is 2.48 bits per heavy atom. The maximum absolute atomic E-state index is 12.6. The van der Waals surface area contributed by atoms with E-state index in [4.69, 9.17) is 4.74 Å². The number of ketones is 1. The highest BCUT2D eigenvalue weighted by molar-refractivity contribution is 6.12. The molecule has 0 aromatic heterocycles. The lowest BCUT2D eigenvalue weighted by molar-refractivity contribution is -0.112. The molecule has 0 bridgehead atoms. The predicted molar refractivity (Wildman–Crippen MR) is 86.4 cm³/mol. The van der Waals surface area contributed by atoms with Gasteiger partial charge in [-0.05, 0) is 17.6 Å². The second kappa shape index (κ2) is 6.27. The number of allylic oxidation sites excluding steroid dienone is 1. The summed E-state index contributed by atoms with van der Waals surface area (Å²) in [5.41, 5.74) is 2.55. The van der Waals surface area contributed by atoms with Crippen molar-refractivity contribution in [2.24, 2.45) is 5.41 Å². The van der Waals surface area contributed by atoms with Gasteiger partial charge >= 0.3 is 0 Å². The van der Waals surface area contributed by atoms with E-state index in [0.717, 1.165) is 22.5 Å². The van der Waals surface area contributed by atoms with E-state index >= 15 is 0 Å². The molecule has 0 unspecified atom stereocenters. The number of nitrogens with one attached hydrogen (secondary N) is 1. The lowest BCUT2D eigenvalue weighted by Crippen LogP contribution is -2.33. The van der Waals surface area contributed by atoms with Crippen molar-refractivity contribution in [2.75, 3.05) is 20.2 Å². The van der Waals surface area contributed by atoms with E-state index in [0.29, 0.717) is 13.1 Å². The van der Waals surface area contributed by atoms with Crippen molar-refractivity contribution in [1.82, 2.24) is 5.32 Å². The fourth-order valence-electron chi connectivity index (χ4n) is 2.43. The van der Waals surface area contributed by atoms with Crippen LogP contribution in [0.15, 0.2) is 41.5 Å². The van der Waals surface area contributed by atoms with Gasteiger partial charge in [0.2, 0.25) is 0 Å². The molecule has 3 nitrogen and oxygen atoms in total. The molecule has 1 aliphatic rings. The third-order valence-corrected chi connectivity index (χ3v) is 3.29. The SMILES string of the molecule is COc1ccccc1C=C1CNCC(=CC(C)(C)C)C1=O. The second-order valence-electron chi connectivity index (χ2n) is 6.38. The van der Waals surface area contributed by atoms with Gasteiger partial charge in [0, 0.05) is 29.8 Å². The number of para-hydroxylation sites is 1. The van der Waals surface area contributed by atoms with Gasteiger partial charge in [-0.25, -0.2) is 0 Å². The number of Topliss-reactive ketones (excluding diaryl/α,β-unsaturated/α-hetero) is 1. The first-order valence-corrected chi connectivity index (χ1v) is 7.21. The summed E-state index contributed by atoms with van der Waals surface area (Å²) < 4.78 is 5.34. The summed E-state index contributed by atoms with van der Waals surface area (Å²) in [5, 5.41) is 3.30. The van der Waals surface area contributed by atoms with E-state index in [-0.39, 0.29) is 11.2 Å². The van der Waals surface area contributed by atoms with Gasteiger partial charge in [-0.2, -0.15) is 0 Å². The monoisotopic (exact) mass is 285 g/mol. The maximum Gasteiger partial charge on any atom is 0.187 e. The summed E-state index contributed by atoms with van der Waals surface area (Å²) in [6, 6.07) is 7.73. The Labute approximate surface area is 126 Å². The number of ether oxygens (including phenoxy) is 1. The minimum Gasteiger partial charge on any atom is -0.496 e. The maximum atomic E-state index is 12.6. The van der Waals surface area contributed by atoms with Gasteiger partial charge in [-0.1, -0.05) is 45.0 Å². The highest BCUT2D eigenvalue weighted by atomic mass is 16.5. The number of carbonyl (C=O) groups excluding carboxylic acids is 1. The quantitative estimate of drug-likeness (QED) is 0.848. The van der Waals surface area contributed by atoms with Crippen molar-refractivity contribution in [3.63, 3.8) is 0 Å². The molecular formula is C18H23NO2. The van der Waals surface area contributed by atoms with Crippen molar-refractivity contribution in [2.45, 2.75) is 20.8 Å². The van der Waals surface area contributed by atoms with Crippen LogP contribution in [0.4, 0.5) is 0 Å². The average molecular weight is 285 g/mol. The van der Waals surface area contributed by atoms with Crippen LogP contribution in [0.5, 0.6) is 5.75 Å². The lowest BCUT2D eigenvalue weighted by atomic mass is 9.88. The molecule has 1 N–H and O–H groups in total. The molecule has 0 atom stereocenters. The van der Waals surface area contributed by atoms with Crippen LogP contribution in [0.25, 0.3) is 6.08 Å². The fraction of sp³-hybridized carbons (Fsp3) is 0.389. The van der Waals surface area contributed by atoms with Crippen LogP contribution in [0, 0.1) is 5.41 Å². The van der Waals surface area contributed by atoms with Crippen LogP contribution >= 0.6 is 0 Å². The molecular weight excluding hydrogens is 262 g/mol. The zero-order chi connectivity index (χ0) is 15.5. The van der Waals surface area contributed by atoms with E-state index in [2.05, 4.69) is 32.2 Å². The largest absolute Gasteiger partial charge is 0.496 e. The van der Waals surface area contributed by atoms with E-state index < -0.39 is 0 Å². The molecule has 2 rings (SSSR count). The molecule has 0 aliphatic carbocycles. The van der Waals surface area contributed by atoms with Crippen LogP contribution in [0.1, 0.15) is 26.3 Å². The number of piperidine rings is 1. The Balaban J connectivity index is 2.34. The molecule has 1 fully saturated rings. The first-order valence-electron chi connectivity index (χ1n) is 7.21. The predicted octanol–water partition coefficient (Wildman–Crippen LogP) is 3.22. The van der Waals surface area contributed by atoms with E-state index in [9.17, 15) is 4.79 Å². The molecule has 1 saturated heterocycles. The van der Waals surface area contributed by atoms with Gasteiger partial charge in [0.05, 0.1) is 7.11 Å². The number of hydrogen-bond donors (Lipinski definition) is 1. The summed E-state index contributed by atoms with van der Waals surface area (Å²) >= 11 is 0. The van der Waals surface area contributed by atoms with Crippen molar-refractivity contribution in [1.29, 1.82) is 0 Å². The van der Waals surface area contributed by atoms with E-state index in [1.807, 2.05) is 30.3 Å². The topological polar surface area (TPSA) is 38.3 Å². The third-order valence-electron chi connectivity index (χ3n) is 3.29. The minimum absolute atomic E-state index is 0.000436. The first-order chi connectivity index (χ1) is 9.90. The third kappa shape index (κ3) is 4.05. The zero-order valence-corrected chi connectivity index (χ0v) is 13.2. The van der Waals surface area contributed by atoms with Crippen molar-refractivity contribution < 1.29 is 9.53 Å². The smallest absolute Gasteiger partial charge is 0.187 e. The molecule has 1 heterocycles. The van der Waals surface area contributed by atoms with Gasteiger partial charge in [0.15, 0.2) is 5.78 Å². The molecule has 0 saturated carbocycles. The molecule has 0 radical (unpaired) electrons. The summed E-state index contributed by atoms with van der Waals surface area (Å²) in [6.45, 7) is 7.54. The fourth-order valence-corrected chi connectivity index (χ4v) is 2.43. The summed E-state index contributed by atoms with van der Waals surface area (Å²) in [6.07, 6.45) is 3.97. The van der Waals surface area contributed by atoms with Crippen LogP contribution in [-0.2, 0) is 4.79 Å². The van der Waals surface area contributed by atoms with Crippen molar-refractivity contribution in [3.8, 4) is 5.75 Å². The summed E-state index contributed by atoms with van der Waals surface area (Å²) in [4.78, 5) is 12.6. The van der Waals surface area contributed by atoms with Crippen LogP contribution in [0.2, 0.25) is 0 Å². The Morgan fingerprint density at radius 2 is 1.81 bits per heavy atom. The van der Waals surface area contributed by atoms with Crippen LogP contribution in [0.3, 0.4) is 0 Å². The molecule has 0 amide bonds.